The van der Waals surface area contributed by atoms with Crippen LogP contribution in [0.1, 0.15) is 24.0 Å². The van der Waals surface area contributed by atoms with Crippen molar-refractivity contribution in [1.29, 1.82) is 5.26 Å². The molecule has 1 saturated heterocycles. The van der Waals surface area contributed by atoms with E-state index in [0.29, 0.717) is 16.6 Å². The van der Waals surface area contributed by atoms with Gasteiger partial charge in [0, 0.05) is 30.0 Å². The van der Waals surface area contributed by atoms with Gasteiger partial charge in [-0.25, -0.2) is 0 Å². The lowest BCUT2D eigenvalue weighted by atomic mass is 9.90. The van der Waals surface area contributed by atoms with E-state index in [1.54, 1.807) is 18.3 Å². The largest absolute Gasteiger partial charge is 0.376 e. The van der Waals surface area contributed by atoms with E-state index in [0.717, 1.165) is 37.9 Å². The lowest BCUT2D eigenvalue weighted by Gasteiger charge is -2.31. The zero-order chi connectivity index (χ0) is 19.9. The summed E-state index contributed by atoms with van der Waals surface area (Å²) in [6.45, 7) is 3.61. The Bertz CT molecular complexity index is 894. The van der Waals surface area contributed by atoms with Gasteiger partial charge in [-0.3, -0.25) is 4.79 Å². The number of nitrogens with one attached hydrogen (secondary N) is 1. The minimum absolute atomic E-state index is 0.109. The predicted molar refractivity (Wildman–Crippen MR) is 113 cm³/mol. The minimum atomic E-state index is -0.408. The molecule has 1 amide bonds. The number of carbonyl (C=O) groups is 1. The van der Waals surface area contributed by atoms with Crippen molar-refractivity contribution in [3.8, 4) is 6.07 Å². The van der Waals surface area contributed by atoms with Crippen LogP contribution in [0.25, 0.3) is 0 Å². The molecule has 1 heterocycles. The highest BCUT2D eigenvalue weighted by Gasteiger charge is 2.19. The first-order chi connectivity index (χ1) is 13.5. The first-order valence-electron chi connectivity index (χ1n) is 9.52. The van der Waals surface area contributed by atoms with Crippen LogP contribution in [-0.2, 0) is 11.2 Å². The summed E-state index contributed by atoms with van der Waals surface area (Å²) in [5.74, 6) is 0.231. The smallest absolute Gasteiger partial charge is 0.267 e. The number of piperidine rings is 1. The van der Waals surface area contributed by atoms with Gasteiger partial charge in [0.1, 0.15) is 11.6 Å². The maximum Gasteiger partial charge on any atom is 0.267 e. The minimum Gasteiger partial charge on any atom is -0.376 e. The van der Waals surface area contributed by atoms with E-state index in [2.05, 4.69) is 34.5 Å². The van der Waals surface area contributed by atoms with Gasteiger partial charge in [0.25, 0.3) is 5.91 Å². The monoisotopic (exact) mass is 393 g/mol. The number of hydrogen-bond donors (Lipinski definition) is 1. The molecule has 1 fully saturated rings. The van der Waals surface area contributed by atoms with Gasteiger partial charge in [-0.05, 0) is 55.4 Å². The molecule has 2 aromatic carbocycles. The second-order valence-electron chi connectivity index (χ2n) is 7.24. The van der Waals surface area contributed by atoms with Crippen molar-refractivity contribution < 1.29 is 4.79 Å². The van der Waals surface area contributed by atoms with Gasteiger partial charge in [0.05, 0.1) is 0 Å². The highest BCUT2D eigenvalue weighted by atomic mass is 35.5. The maximum absolute atomic E-state index is 12.4. The summed E-state index contributed by atoms with van der Waals surface area (Å²) in [5.41, 5.74) is 3.00. The maximum atomic E-state index is 12.4. The summed E-state index contributed by atoms with van der Waals surface area (Å²) in [4.78, 5) is 14.5. The van der Waals surface area contributed by atoms with E-state index in [9.17, 15) is 10.1 Å². The highest BCUT2D eigenvalue weighted by Crippen LogP contribution is 2.23. The Morgan fingerprint density at radius 2 is 1.96 bits per heavy atom. The summed E-state index contributed by atoms with van der Waals surface area (Å²) in [6, 6.07) is 17.9. The Balaban J connectivity index is 1.56. The fourth-order valence-corrected chi connectivity index (χ4v) is 3.60. The van der Waals surface area contributed by atoms with Crippen molar-refractivity contribution >= 4 is 23.2 Å². The molecule has 0 unspecified atom stereocenters. The van der Waals surface area contributed by atoms with Crippen LogP contribution in [0.4, 0.5) is 5.69 Å². The molecule has 1 aliphatic heterocycles. The first kappa shape index (κ1) is 20.0. The molecule has 2 aromatic rings. The number of aryl methyl sites for hydroxylation is 1. The SMILES string of the molecule is Cc1ccc(NC(=O)/C(C#N)=C\N2CCC(Cc3ccccc3)CC2)cc1Cl. The summed E-state index contributed by atoms with van der Waals surface area (Å²) in [7, 11) is 0. The predicted octanol–water partition coefficient (Wildman–Crippen LogP) is 4.95. The number of hydrogen-bond acceptors (Lipinski definition) is 3. The lowest BCUT2D eigenvalue weighted by molar-refractivity contribution is -0.112. The van der Waals surface area contributed by atoms with Crippen molar-refractivity contribution in [1.82, 2.24) is 4.90 Å². The van der Waals surface area contributed by atoms with E-state index >= 15 is 0 Å². The van der Waals surface area contributed by atoms with Gasteiger partial charge in [-0.2, -0.15) is 5.26 Å². The molecule has 3 rings (SSSR count). The molecule has 1 aliphatic rings. The van der Waals surface area contributed by atoms with Gasteiger partial charge >= 0.3 is 0 Å². The van der Waals surface area contributed by atoms with Gasteiger partial charge in [-0.15, -0.1) is 0 Å². The number of amides is 1. The fraction of sp³-hybridized carbons (Fsp3) is 0.304. The number of likely N-dealkylation sites (tertiary alicyclic amines) is 1. The van der Waals surface area contributed by atoms with Gasteiger partial charge < -0.3 is 10.2 Å². The zero-order valence-corrected chi connectivity index (χ0v) is 16.7. The molecule has 0 saturated carbocycles. The van der Waals surface area contributed by atoms with Crippen LogP contribution in [0.3, 0.4) is 0 Å². The van der Waals surface area contributed by atoms with Gasteiger partial charge in [0.2, 0.25) is 0 Å². The third-order valence-electron chi connectivity index (χ3n) is 5.12. The Hall–Kier alpha value is -2.77. The molecule has 144 valence electrons. The van der Waals surface area contributed by atoms with Crippen molar-refractivity contribution in [2.45, 2.75) is 26.2 Å². The highest BCUT2D eigenvalue weighted by molar-refractivity contribution is 6.31. The summed E-state index contributed by atoms with van der Waals surface area (Å²) in [5, 5.41) is 12.8. The third kappa shape index (κ3) is 5.37. The Morgan fingerprint density at radius 1 is 1.25 bits per heavy atom. The van der Waals surface area contributed by atoms with Crippen molar-refractivity contribution in [3.05, 3.63) is 76.5 Å². The molecular weight excluding hydrogens is 370 g/mol. The van der Waals surface area contributed by atoms with Crippen molar-refractivity contribution in [3.63, 3.8) is 0 Å². The number of nitrogens with zero attached hydrogens (tertiary/aromatic N) is 2. The molecule has 5 heteroatoms. The molecule has 0 spiro atoms. The molecule has 0 atom stereocenters. The van der Waals surface area contributed by atoms with E-state index in [-0.39, 0.29) is 5.57 Å². The second-order valence-corrected chi connectivity index (χ2v) is 7.65. The van der Waals surface area contributed by atoms with Crippen LogP contribution in [0, 0.1) is 24.2 Å². The van der Waals surface area contributed by atoms with Crippen LogP contribution < -0.4 is 5.32 Å². The first-order valence-corrected chi connectivity index (χ1v) is 9.90. The molecule has 4 nitrogen and oxygen atoms in total. The average Bonchev–Trinajstić information content (AvgIpc) is 2.71. The molecule has 1 N–H and O–H groups in total. The van der Waals surface area contributed by atoms with Gasteiger partial charge in [-0.1, -0.05) is 48.0 Å². The molecule has 28 heavy (non-hydrogen) atoms. The van der Waals surface area contributed by atoms with E-state index < -0.39 is 5.91 Å². The summed E-state index contributed by atoms with van der Waals surface area (Å²) >= 11 is 6.10. The molecule has 0 bridgehead atoms. The van der Waals surface area contributed by atoms with Crippen LogP contribution in [0.15, 0.2) is 60.3 Å². The number of rotatable bonds is 5. The third-order valence-corrected chi connectivity index (χ3v) is 5.53. The zero-order valence-electron chi connectivity index (χ0n) is 16.0. The molecule has 0 aliphatic carbocycles. The van der Waals surface area contributed by atoms with Crippen molar-refractivity contribution in [2.75, 3.05) is 18.4 Å². The summed E-state index contributed by atoms with van der Waals surface area (Å²) < 4.78 is 0. The standard InChI is InChI=1S/C23H24ClN3O/c1-17-7-8-21(14-22(17)24)26-23(28)20(15-25)16-27-11-9-19(10-12-27)13-18-5-3-2-4-6-18/h2-8,14,16,19H,9-13H2,1H3,(H,26,28)/b20-16-. The van der Waals surface area contributed by atoms with Crippen LogP contribution in [0.2, 0.25) is 5.02 Å². The molecule has 0 radical (unpaired) electrons. The fourth-order valence-electron chi connectivity index (χ4n) is 3.42. The Labute approximate surface area is 171 Å². The van der Waals surface area contributed by atoms with Crippen LogP contribution >= 0.6 is 11.6 Å². The summed E-state index contributed by atoms with van der Waals surface area (Å²) in [6.07, 6.45) is 4.88. The number of carbonyl (C=O) groups excluding carboxylic acids is 1. The molecule has 0 aromatic heterocycles. The van der Waals surface area contributed by atoms with Crippen molar-refractivity contribution in [2.24, 2.45) is 5.92 Å². The topological polar surface area (TPSA) is 56.1 Å². The average molecular weight is 394 g/mol. The van der Waals surface area contributed by atoms with E-state index in [1.807, 2.05) is 25.1 Å². The Morgan fingerprint density at radius 3 is 2.61 bits per heavy atom. The number of anilines is 1. The van der Waals surface area contributed by atoms with Gasteiger partial charge in [0.15, 0.2) is 0 Å². The van der Waals surface area contributed by atoms with E-state index in [4.69, 9.17) is 11.6 Å². The quantitative estimate of drug-likeness (QED) is 0.577. The van der Waals surface area contributed by atoms with Crippen LogP contribution in [0.5, 0.6) is 0 Å². The lowest BCUT2D eigenvalue weighted by Crippen LogP contribution is -2.31. The van der Waals surface area contributed by atoms with E-state index in [1.165, 1.54) is 5.56 Å². The second kappa shape index (κ2) is 9.43. The number of nitriles is 1. The normalized spacial score (nSPS) is 15.2. The number of benzene rings is 2. The number of halogens is 1. The Kier molecular flexibility index (Phi) is 6.73. The van der Waals surface area contributed by atoms with Crippen LogP contribution in [-0.4, -0.2) is 23.9 Å². The molecular formula is C23H24ClN3O.